The van der Waals surface area contributed by atoms with Crippen LogP contribution in [0.4, 0.5) is 0 Å². The van der Waals surface area contributed by atoms with Gasteiger partial charge >= 0.3 is 5.97 Å². The Hall–Kier alpha value is -1.71. The Morgan fingerprint density at radius 2 is 2.32 bits per heavy atom. The molecule has 0 atom stereocenters. The molecule has 2 aromatic rings. The Balaban J connectivity index is 2.22. The number of sulfonamides is 1. The predicted octanol–water partition coefficient (Wildman–Crippen LogP) is 0.956. The van der Waals surface area contributed by atoms with Gasteiger partial charge in [0.05, 0.1) is 17.8 Å². The average Bonchev–Trinajstić information content (AvgIpc) is 2.95. The van der Waals surface area contributed by atoms with E-state index >= 15 is 0 Å². The number of aromatic amines is 1. The zero-order valence-electron chi connectivity index (χ0n) is 9.87. The minimum Gasteiger partial charge on any atom is -0.477 e. The molecule has 2 aromatic heterocycles. The molecule has 0 spiro atoms. The highest BCUT2D eigenvalue weighted by Gasteiger charge is 2.21. The van der Waals surface area contributed by atoms with Crippen molar-refractivity contribution in [3.8, 4) is 0 Å². The van der Waals surface area contributed by atoms with Crippen LogP contribution in [0.5, 0.6) is 0 Å². The van der Waals surface area contributed by atoms with Crippen LogP contribution in [0.3, 0.4) is 0 Å². The highest BCUT2D eigenvalue weighted by molar-refractivity contribution is 7.89. The summed E-state index contributed by atoms with van der Waals surface area (Å²) in [5.41, 5.74) is 0.620. The van der Waals surface area contributed by atoms with Crippen molar-refractivity contribution in [2.24, 2.45) is 0 Å². The highest BCUT2D eigenvalue weighted by Crippen LogP contribution is 2.25. The number of hydrogen-bond acceptors (Lipinski definition) is 5. The number of carboxylic acids is 1. The lowest BCUT2D eigenvalue weighted by Crippen LogP contribution is -2.23. The van der Waals surface area contributed by atoms with Crippen molar-refractivity contribution in [1.29, 1.82) is 0 Å². The molecule has 7 nitrogen and oxygen atoms in total. The molecule has 0 amide bonds. The van der Waals surface area contributed by atoms with Gasteiger partial charge in [0.1, 0.15) is 4.88 Å². The first-order valence-corrected chi connectivity index (χ1v) is 7.51. The van der Waals surface area contributed by atoms with E-state index in [-0.39, 0.29) is 16.3 Å². The summed E-state index contributed by atoms with van der Waals surface area (Å²) in [7, 11) is -3.73. The van der Waals surface area contributed by atoms with Gasteiger partial charge in [-0.3, -0.25) is 0 Å². The summed E-state index contributed by atoms with van der Waals surface area (Å²) in [6.07, 6.45) is 2.95. The van der Waals surface area contributed by atoms with E-state index in [0.717, 1.165) is 17.4 Å². The first-order chi connectivity index (χ1) is 8.90. The number of nitrogens with one attached hydrogen (secondary N) is 2. The lowest BCUT2D eigenvalue weighted by atomic mass is 10.4. The predicted molar refractivity (Wildman–Crippen MR) is 68.6 cm³/mol. The van der Waals surface area contributed by atoms with Gasteiger partial charge in [0, 0.05) is 16.8 Å². The van der Waals surface area contributed by atoms with Crippen molar-refractivity contribution in [2.45, 2.75) is 18.4 Å². The van der Waals surface area contributed by atoms with Crippen LogP contribution in [0.1, 0.15) is 20.2 Å². The fourth-order valence-corrected chi connectivity index (χ4v) is 3.90. The van der Waals surface area contributed by atoms with Crippen LogP contribution in [0.15, 0.2) is 23.5 Å². The Morgan fingerprint density at radius 3 is 2.84 bits per heavy atom. The minimum absolute atomic E-state index is 0.000541. The number of thiophene rings is 1. The van der Waals surface area contributed by atoms with E-state index in [2.05, 4.69) is 14.7 Å². The van der Waals surface area contributed by atoms with Crippen molar-refractivity contribution in [2.75, 3.05) is 0 Å². The number of hydrogen-bond donors (Lipinski definition) is 3. The molecule has 0 aliphatic carbocycles. The maximum absolute atomic E-state index is 12.1. The Kier molecular flexibility index (Phi) is 3.69. The normalized spacial score (nSPS) is 11.6. The zero-order chi connectivity index (χ0) is 14.0. The van der Waals surface area contributed by atoms with Gasteiger partial charge in [-0.25, -0.2) is 22.9 Å². The molecular formula is C10H11N3O4S2. The van der Waals surface area contributed by atoms with Crippen LogP contribution in [-0.4, -0.2) is 29.5 Å². The lowest BCUT2D eigenvalue weighted by Gasteiger charge is -2.04. The van der Waals surface area contributed by atoms with Gasteiger partial charge in [-0.05, 0) is 13.0 Å². The van der Waals surface area contributed by atoms with Gasteiger partial charge in [0.2, 0.25) is 10.0 Å². The topological polar surface area (TPSA) is 112 Å². The van der Waals surface area contributed by atoms with Crippen molar-refractivity contribution >= 4 is 27.3 Å². The zero-order valence-corrected chi connectivity index (χ0v) is 11.5. The molecule has 0 aliphatic heterocycles. The molecule has 9 heteroatoms. The number of aromatic carboxylic acids is 1. The number of nitrogens with zero attached hydrogens (tertiary/aromatic N) is 1. The lowest BCUT2D eigenvalue weighted by molar-refractivity contribution is 0.0702. The maximum Gasteiger partial charge on any atom is 0.345 e. The molecule has 0 saturated heterocycles. The number of aryl methyl sites for hydroxylation is 1. The van der Waals surface area contributed by atoms with E-state index in [0.29, 0.717) is 10.6 Å². The van der Waals surface area contributed by atoms with E-state index < -0.39 is 16.0 Å². The molecule has 3 N–H and O–H groups in total. The number of carboxylic acid groups (broad SMARTS) is 1. The fourth-order valence-electron chi connectivity index (χ4n) is 1.47. The van der Waals surface area contributed by atoms with Crippen LogP contribution >= 0.6 is 11.3 Å². The molecule has 0 radical (unpaired) electrons. The summed E-state index contributed by atoms with van der Waals surface area (Å²) in [6, 6.07) is 1.16. The fraction of sp³-hybridized carbons (Fsp3) is 0.200. The SMILES string of the molecule is Cc1sc(C(=O)O)cc1S(=O)(=O)NCc1cnc[nH]1. The Morgan fingerprint density at radius 1 is 1.58 bits per heavy atom. The molecule has 19 heavy (non-hydrogen) atoms. The summed E-state index contributed by atoms with van der Waals surface area (Å²) in [4.78, 5) is 17.8. The molecular weight excluding hydrogens is 290 g/mol. The van der Waals surface area contributed by atoms with Gasteiger partial charge in [0.15, 0.2) is 0 Å². The molecule has 0 bridgehead atoms. The van der Waals surface area contributed by atoms with Crippen LogP contribution in [0.2, 0.25) is 0 Å². The summed E-state index contributed by atoms with van der Waals surface area (Å²) in [5.74, 6) is -1.14. The second kappa shape index (κ2) is 5.11. The quantitative estimate of drug-likeness (QED) is 0.761. The van der Waals surface area contributed by atoms with E-state index in [1.54, 1.807) is 6.92 Å². The van der Waals surface area contributed by atoms with Gasteiger partial charge < -0.3 is 10.1 Å². The first-order valence-electron chi connectivity index (χ1n) is 5.21. The van der Waals surface area contributed by atoms with Gasteiger partial charge in [-0.15, -0.1) is 11.3 Å². The third-order valence-electron chi connectivity index (χ3n) is 2.38. The number of H-pyrrole nitrogens is 1. The number of carbonyl (C=O) groups is 1. The maximum atomic E-state index is 12.1. The minimum atomic E-state index is -3.73. The third kappa shape index (κ3) is 3.00. The summed E-state index contributed by atoms with van der Waals surface area (Å²) >= 11 is 0.934. The second-order valence-corrected chi connectivity index (χ2v) is 6.73. The standard InChI is InChI=1S/C10H11N3O4S2/c1-6-9(2-8(18-6)10(14)15)19(16,17)13-4-7-3-11-5-12-7/h2-3,5,13H,4H2,1H3,(H,11,12)(H,14,15). The van der Waals surface area contributed by atoms with Crippen molar-refractivity contribution in [3.63, 3.8) is 0 Å². The van der Waals surface area contributed by atoms with Crippen LogP contribution < -0.4 is 4.72 Å². The third-order valence-corrected chi connectivity index (χ3v) is 5.08. The van der Waals surface area contributed by atoms with E-state index in [4.69, 9.17) is 5.11 Å². The monoisotopic (exact) mass is 301 g/mol. The van der Waals surface area contributed by atoms with Crippen LogP contribution in [0, 0.1) is 6.92 Å². The molecule has 102 valence electrons. The first kappa shape index (κ1) is 13.7. The van der Waals surface area contributed by atoms with Gasteiger partial charge in [-0.2, -0.15) is 0 Å². The molecule has 0 saturated carbocycles. The number of imidazole rings is 1. The number of aromatic nitrogens is 2. The average molecular weight is 301 g/mol. The van der Waals surface area contributed by atoms with E-state index in [9.17, 15) is 13.2 Å². The summed E-state index contributed by atoms with van der Waals surface area (Å²) in [6.45, 7) is 1.64. The van der Waals surface area contributed by atoms with Crippen LogP contribution in [-0.2, 0) is 16.6 Å². The van der Waals surface area contributed by atoms with Gasteiger partial charge in [0.25, 0.3) is 0 Å². The molecule has 0 aromatic carbocycles. The Labute approximate surface area is 113 Å². The van der Waals surface area contributed by atoms with E-state index in [1.165, 1.54) is 12.5 Å². The van der Waals surface area contributed by atoms with Gasteiger partial charge in [-0.1, -0.05) is 0 Å². The summed E-state index contributed by atoms with van der Waals surface area (Å²) < 4.78 is 26.5. The molecule has 2 rings (SSSR count). The molecule has 0 fully saturated rings. The summed E-state index contributed by atoms with van der Waals surface area (Å²) in [5, 5.41) is 8.85. The smallest absolute Gasteiger partial charge is 0.345 e. The number of rotatable bonds is 5. The van der Waals surface area contributed by atoms with Crippen molar-refractivity contribution in [3.05, 3.63) is 34.0 Å². The Bertz CT molecular complexity index is 688. The molecule has 0 aliphatic rings. The van der Waals surface area contributed by atoms with Crippen molar-refractivity contribution in [1.82, 2.24) is 14.7 Å². The largest absolute Gasteiger partial charge is 0.477 e. The second-order valence-electron chi connectivity index (χ2n) is 3.74. The van der Waals surface area contributed by atoms with Crippen molar-refractivity contribution < 1.29 is 18.3 Å². The van der Waals surface area contributed by atoms with Crippen LogP contribution in [0.25, 0.3) is 0 Å². The molecule has 2 heterocycles. The highest BCUT2D eigenvalue weighted by atomic mass is 32.2. The molecule has 0 unspecified atom stereocenters. The van der Waals surface area contributed by atoms with E-state index in [1.807, 2.05) is 0 Å².